The molecule has 3 N–H and O–H groups in total. The number of aromatic amines is 2. The predicted octanol–water partition coefficient (Wildman–Crippen LogP) is 2.39. The molecule has 0 radical (unpaired) electrons. The summed E-state index contributed by atoms with van der Waals surface area (Å²) in [6.07, 6.45) is 0.902. The lowest BCUT2D eigenvalue weighted by atomic mass is 9.98. The fraction of sp³-hybridized carbons (Fsp3) is 0.263. The SMILES string of the molecule is CC(NC1CCOc2ccccc21)c1ccc2[nH]c(=O)c(=O)[nH]c2c1. The third kappa shape index (κ3) is 2.96. The zero-order valence-corrected chi connectivity index (χ0v) is 13.8. The van der Waals surface area contributed by atoms with E-state index in [1.807, 2.05) is 36.4 Å². The van der Waals surface area contributed by atoms with Crippen LogP contribution in [0.2, 0.25) is 0 Å². The number of hydrogen-bond acceptors (Lipinski definition) is 4. The maximum Gasteiger partial charge on any atom is 0.314 e. The molecule has 6 nitrogen and oxygen atoms in total. The van der Waals surface area contributed by atoms with Crippen LogP contribution in [0.25, 0.3) is 11.0 Å². The number of rotatable bonds is 3. The molecule has 2 heterocycles. The minimum absolute atomic E-state index is 0.0796. The molecule has 0 saturated carbocycles. The van der Waals surface area contributed by atoms with Crippen LogP contribution >= 0.6 is 0 Å². The van der Waals surface area contributed by atoms with Crippen LogP contribution in [-0.2, 0) is 0 Å². The summed E-state index contributed by atoms with van der Waals surface area (Å²) in [5.41, 5.74) is 2.19. The van der Waals surface area contributed by atoms with Gasteiger partial charge in [0.05, 0.1) is 17.6 Å². The van der Waals surface area contributed by atoms with Gasteiger partial charge < -0.3 is 20.0 Å². The Labute approximate surface area is 143 Å². The van der Waals surface area contributed by atoms with Gasteiger partial charge in [0.25, 0.3) is 0 Å². The topological polar surface area (TPSA) is 87.0 Å². The first kappa shape index (κ1) is 15.7. The lowest BCUT2D eigenvalue weighted by Crippen LogP contribution is -2.30. The number of aromatic nitrogens is 2. The molecule has 1 aliphatic rings. The maximum atomic E-state index is 11.5. The van der Waals surface area contributed by atoms with Crippen LogP contribution in [0.3, 0.4) is 0 Å². The molecule has 6 heteroatoms. The summed E-state index contributed by atoms with van der Waals surface area (Å²) in [5.74, 6) is 0.930. The molecule has 4 rings (SSSR count). The first-order chi connectivity index (χ1) is 12.1. The molecule has 2 atom stereocenters. The van der Waals surface area contributed by atoms with Gasteiger partial charge in [0.2, 0.25) is 0 Å². The van der Waals surface area contributed by atoms with E-state index < -0.39 is 11.1 Å². The van der Waals surface area contributed by atoms with Gasteiger partial charge in [-0.25, -0.2) is 0 Å². The smallest absolute Gasteiger partial charge is 0.314 e. The van der Waals surface area contributed by atoms with Gasteiger partial charge in [0, 0.05) is 24.1 Å². The van der Waals surface area contributed by atoms with Crippen molar-refractivity contribution in [2.75, 3.05) is 6.61 Å². The normalized spacial score (nSPS) is 17.7. The van der Waals surface area contributed by atoms with E-state index in [1.165, 1.54) is 5.56 Å². The Kier molecular flexibility index (Phi) is 3.89. The van der Waals surface area contributed by atoms with Crippen molar-refractivity contribution in [3.05, 3.63) is 74.3 Å². The number of H-pyrrole nitrogens is 2. The van der Waals surface area contributed by atoms with Crippen molar-refractivity contribution in [1.29, 1.82) is 0 Å². The van der Waals surface area contributed by atoms with Gasteiger partial charge in [-0.3, -0.25) is 9.59 Å². The first-order valence-corrected chi connectivity index (χ1v) is 8.36. The predicted molar refractivity (Wildman–Crippen MR) is 96.0 cm³/mol. The maximum absolute atomic E-state index is 11.5. The molecule has 2 aromatic carbocycles. The minimum Gasteiger partial charge on any atom is -0.493 e. The Morgan fingerprint density at radius 3 is 2.68 bits per heavy atom. The zero-order chi connectivity index (χ0) is 17.4. The molecule has 25 heavy (non-hydrogen) atoms. The summed E-state index contributed by atoms with van der Waals surface area (Å²) in [6, 6.07) is 14.0. The number of hydrogen-bond donors (Lipinski definition) is 3. The highest BCUT2D eigenvalue weighted by molar-refractivity contribution is 5.74. The minimum atomic E-state index is -0.636. The number of benzene rings is 2. The summed E-state index contributed by atoms with van der Waals surface area (Å²) < 4.78 is 5.71. The van der Waals surface area contributed by atoms with E-state index in [9.17, 15) is 9.59 Å². The summed E-state index contributed by atoms with van der Waals surface area (Å²) in [6.45, 7) is 2.77. The van der Waals surface area contributed by atoms with E-state index in [2.05, 4.69) is 28.3 Å². The highest BCUT2D eigenvalue weighted by atomic mass is 16.5. The molecule has 0 aliphatic carbocycles. The fourth-order valence-electron chi connectivity index (χ4n) is 3.31. The lowest BCUT2D eigenvalue weighted by molar-refractivity contribution is 0.246. The molecular weight excluding hydrogens is 318 g/mol. The summed E-state index contributed by atoms with van der Waals surface area (Å²) >= 11 is 0. The van der Waals surface area contributed by atoms with Crippen molar-refractivity contribution >= 4 is 11.0 Å². The second-order valence-electron chi connectivity index (χ2n) is 6.33. The van der Waals surface area contributed by atoms with Gasteiger partial charge in [0.15, 0.2) is 0 Å². The molecule has 0 spiro atoms. The molecule has 0 bridgehead atoms. The Balaban J connectivity index is 1.62. The van der Waals surface area contributed by atoms with Crippen molar-refractivity contribution in [3.8, 4) is 5.75 Å². The molecule has 3 aromatic rings. The molecule has 1 aromatic heterocycles. The number of para-hydroxylation sites is 1. The molecule has 0 amide bonds. The van der Waals surface area contributed by atoms with E-state index in [-0.39, 0.29) is 12.1 Å². The van der Waals surface area contributed by atoms with Crippen molar-refractivity contribution in [2.45, 2.75) is 25.4 Å². The average molecular weight is 337 g/mol. The second kappa shape index (κ2) is 6.22. The Bertz CT molecular complexity index is 1040. The molecular formula is C19H19N3O3. The van der Waals surface area contributed by atoms with Gasteiger partial charge in [-0.1, -0.05) is 24.3 Å². The molecule has 0 saturated heterocycles. The third-order valence-electron chi connectivity index (χ3n) is 4.66. The van der Waals surface area contributed by atoms with Crippen LogP contribution in [0.15, 0.2) is 52.1 Å². The van der Waals surface area contributed by atoms with Gasteiger partial charge in [-0.05, 0) is 30.7 Å². The van der Waals surface area contributed by atoms with Crippen molar-refractivity contribution in [1.82, 2.24) is 15.3 Å². The van der Waals surface area contributed by atoms with Crippen LogP contribution < -0.4 is 21.2 Å². The van der Waals surface area contributed by atoms with E-state index in [4.69, 9.17) is 4.74 Å². The van der Waals surface area contributed by atoms with Gasteiger partial charge in [0.1, 0.15) is 5.75 Å². The molecule has 0 fully saturated rings. The summed E-state index contributed by atoms with van der Waals surface area (Å²) in [4.78, 5) is 28.2. The van der Waals surface area contributed by atoms with Crippen LogP contribution in [0.5, 0.6) is 5.75 Å². The standard InChI is InChI=1S/C19H19N3O3/c1-11(20-14-8-9-25-17-5-3-2-4-13(14)17)12-6-7-15-16(10-12)22-19(24)18(23)21-15/h2-7,10-11,14,20H,8-9H2,1H3,(H,21,23)(H,22,24). The lowest BCUT2D eigenvalue weighted by Gasteiger charge is -2.29. The largest absolute Gasteiger partial charge is 0.493 e. The first-order valence-electron chi connectivity index (χ1n) is 8.36. The molecule has 2 unspecified atom stereocenters. The van der Waals surface area contributed by atoms with Crippen molar-refractivity contribution in [3.63, 3.8) is 0 Å². The fourth-order valence-corrected chi connectivity index (χ4v) is 3.31. The Hall–Kier alpha value is -2.86. The van der Waals surface area contributed by atoms with E-state index in [0.29, 0.717) is 17.6 Å². The van der Waals surface area contributed by atoms with Crippen molar-refractivity contribution in [2.24, 2.45) is 0 Å². The Morgan fingerprint density at radius 2 is 1.84 bits per heavy atom. The van der Waals surface area contributed by atoms with Crippen molar-refractivity contribution < 1.29 is 4.74 Å². The van der Waals surface area contributed by atoms with Gasteiger partial charge in [-0.15, -0.1) is 0 Å². The Morgan fingerprint density at radius 1 is 1.08 bits per heavy atom. The van der Waals surface area contributed by atoms with Crippen LogP contribution in [0.4, 0.5) is 0 Å². The number of nitrogens with one attached hydrogen (secondary N) is 3. The zero-order valence-electron chi connectivity index (χ0n) is 13.8. The quantitative estimate of drug-likeness (QED) is 0.641. The van der Waals surface area contributed by atoms with E-state index >= 15 is 0 Å². The second-order valence-corrected chi connectivity index (χ2v) is 6.33. The highest BCUT2D eigenvalue weighted by Gasteiger charge is 2.22. The van der Waals surface area contributed by atoms with Crippen LogP contribution in [0.1, 0.15) is 36.6 Å². The van der Waals surface area contributed by atoms with Gasteiger partial charge in [-0.2, -0.15) is 0 Å². The van der Waals surface area contributed by atoms with E-state index in [0.717, 1.165) is 17.7 Å². The van der Waals surface area contributed by atoms with E-state index in [1.54, 1.807) is 0 Å². The van der Waals surface area contributed by atoms with Crippen LogP contribution in [0, 0.1) is 0 Å². The third-order valence-corrected chi connectivity index (χ3v) is 4.66. The van der Waals surface area contributed by atoms with Crippen LogP contribution in [-0.4, -0.2) is 16.6 Å². The number of ether oxygens (including phenoxy) is 1. The monoisotopic (exact) mass is 337 g/mol. The molecule has 128 valence electrons. The molecule has 1 aliphatic heterocycles. The average Bonchev–Trinajstić information content (AvgIpc) is 2.62. The summed E-state index contributed by atoms with van der Waals surface area (Å²) in [7, 11) is 0. The number of fused-ring (bicyclic) bond motifs is 2. The highest BCUT2D eigenvalue weighted by Crippen LogP contribution is 2.33. The summed E-state index contributed by atoms with van der Waals surface area (Å²) in [5, 5.41) is 3.64. The van der Waals surface area contributed by atoms with Gasteiger partial charge >= 0.3 is 11.1 Å².